The van der Waals surface area contributed by atoms with Crippen molar-refractivity contribution in [2.45, 2.75) is 76.9 Å². The Morgan fingerprint density at radius 1 is 1.05 bits per heavy atom. The molecule has 3 amide bonds. The van der Waals surface area contributed by atoms with Crippen LogP contribution in [0.4, 0.5) is 5.00 Å². The van der Waals surface area contributed by atoms with Crippen LogP contribution in [0.1, 0.15) is 84.1 Å². The lowest BCUT2D eigenvalue weighted by molar-refractivity contribution is -0.119. The molecule has 1 aromatic carbocycles. The predicted molar refractivity (Wildman–Crippen MR) is 176 cm³/mol. The fraction of sp³-hybridized carbons (Fsp3) is 0.515. The number of hydrogen-bond acceptors (Lipinski definition) is 8. The molecule has 0 bridgehead atoms. The van der Waals surface area contributed by atoms with Crippen molar-refractivity contribution in [1.82, 2.24) is 25.4 Å². The van der Waals surface area contributed by atoms with Gasteiger partial charge in [0.1, 0.15) is 0 Å². The lowest BCUT2D eigenvalue weighted by atomic mass is 9.85. The Balaban J connectivity index is 1.09. The number of carbonyl (C=O) groups is 3. The SMILES string of the molecule is CC(=O)NCc1ccc(-c2cnc(C3CN(C(=O)c4ccc(NC(=O)[C@@H]5CCCN5)s4)C3)s2)cc1C1CCN(C(C)C)CC1. The Morgan fingerprint density at radius 3 is 2.55 bits per heavy atom. The second-order valence-corrected chi connectivity index (χ2v) is 14.6. The van der Waals surface area contributed by atoms with Gasteiger partial charge in [-0.2, -0.15) is 0 Å². The highest BCUT2D eigenvalue weighted by Crippen LogP contribution is 2.38. The van der Waals surface area contributed by atoms with Crippen molar-refractivity contribution in [3.63, 3.8) is 0 Å². The van der Waals surface area contributed by atoms with Crippen molar-refractivity contribution in [3.05, 3.63) is 57.5 Å². The largest absolute Gasteiger partial charge is 0.352 e. The van der Waals surface area contributed by atoms with E-state index in [1.165, 1.54) is 22.5 Å². The molecule has 3 N–H and O–H groups in total. The molecule has 0 spiro atoms. The summed E-state index contributed by atoms with van der Waals surface area (Å²) in [5, 5.41) is 10.9. The summed E-state index contributed by atoms with van der Waals surface area (Å²) in [6.07, 6.45) is 6.05. The molecular weight excluding hydrogens is 593 g/mol. The maximum Gasteiger partial charge on any atom is 0.264 e. The molecule has 3 saturated heterocycles. The van der Waals surface area contributed by atoms with E-state index in [2.05, 4.69) is 52.9 Å². The quantitative estimate of drug-likeness (QED) is 0.305. The molecule has 0 saturated carbocycles. The number of aromatic nitrogens is 1. The van der Waals surface area contributed by atoms with Crippen molar-refractivity contribution in [2.75, 3.05) is 38.0 Å². The molecule has 234 valence electrons. The van der Waals surface area contributed by atoms with Gasteiger partial charge >= 0.3 is 0 Å². The number of benzene rings is 1. The van der Waals surface area contributed by atoms with E-state index < -0.39 is 0 Å². The number of rotatable bonds is 9. The van der Waals surface area contributed by atoms with Gasteiger partial charge in [-0.05, 0) is 100.0 Å². The minimum absolute atomic E-state index is 0.00503. The molecule has 6 rings (SSSR count). The molecule has 9 nitrogen and oxygen atoms in total. The first-order valence-electron chi connectivity index (χ1n) is 15.8. The summed E-state index contributed by atoms with van der Waals surface area (Å²) in [5.74, 6) is 0.656. The topological polar surface area (TPSA) is 107 Å². The number of amides is 3. The maximum absolute atomic E-state index is 13.1. The first kappa shape index (κ1) is 30.9. The van der Waals surface area contributed by atoms with E-state index in [9.17, 15) is 14.4 Å². The number of likely N-dealkylation sites (tertiary alicyclic amines) is 2. The van der Waals surface area contributed by atoms with Crippen LogP contribution in [-0.2, 0) is 16.1 Å². The number of piperidine rings is 1. The predicted octanol–water partition coefficient (Wildman–Crippen LogP) is 5.03. The summed E-state index contributed by atoms with van der Waals surface area (Å²) < 4.78 is 0. The minimum Gasteiger partial charge on any atom is -0.352 e. The van der Waals surface area contributed by atoms with Crippen LogP contribution in [-0.4, -0.2) is 77.3 Å². The standard InChI is InChI=1S/C33H42N6O3S2/c1-20(2)38-13-10-22(11-14-38)26-15-23(6-7-24(26)16-35-21(3)40)29-17-36-32(44-29)25-18-39(19-25)33(42)28-8-9-30(43-28)37-31(41)27-5-4-12-34-27/h6-9,15,17,20,22,25,27,34H,4-5,10-14,16,18-19H2,1-3H3,(H,35,40)(H,37,41)/t27-/m0/s1. The zero-order valence-corrected chi connectivity index (χ0v) is 27.4. The highest BCUT2D eigenvalue weighted by atomic mass is 32.1. The lowest BCUT2D eigenvalue weighted by Gasteiger charge is -2.37. The monoisotopic (exact) mass is 634 g/mol. The van der Waals surface area contributed by atoms with Crippen LogP contribution >= 0.6 is 22.7 Å². The average Bonchev–Trinajstić information content (AvgIpc) is 3.78. The molecule has 5 heterocycles. The molecule has 11 heteroatoms. The fourth-order valence-corrected chi connectivity index (χ4v) is 8.31. The molecular formula is C33H42N6O3S2. The number of thiazole rings is 1. The fourth-order valence-electron chi connectivity index (χ4n) is 6.44. The zero-order chi connectivity index (χ0) is 30.8. The zero-order valence-electron chi connectivity index (χ0n) is 25.7. The van der Waals surface area contributed by atoms with Crippen LogP contribution < -0.4 is 16.0 Å². The Hall–Kier alpha value is -3.12. The summed E-state index contributed by atoms with van der Waals surface area (Å²) >= 11 is 3.04. The summed E-state index contributed by atoms with van der Waals surface area (Å²) in [4.78, 5) is 48.2. The number of carbonyl (C=O) groups excluding carboxylic acids is 3. The van der Waals surface area contributed by atoms with Crippen LogP contribution in [0.5, 0.6) is 0 Å². The normalized spacial score (nSPS) is 19.7. The van der Waals surface area contributed by atoms with Gasteiger partial charge in [-0.25, -0.2) is 4.98 Å². The number of thiophene rings is 1. The van der Waals surface area contributed by atoms with Gasteiger partial charge in [-0.15, -0.1) is 22.7 Å². The van der Waals surface area contributed by atoms with Crippen molar-refractivity contribution < 1.29 is 14.4 Å². The first-order valence-corrected chi connectivity index (χ1v) is 17.4. The van der Waals surface area contributed by atoms with E-state index in [1.54, 1.807) is 24.3 Å². The smallest absolute Gasteiger partial charge is 0.264 e. The summed E-state index contributed by atoms with van der Waals surface area (Å²) in [6, 6.07) is 10.7. The number of anilines is 1. The van der Waals surface area contributed by atoms with Gasteiger partial charge < -0.3 is 25.8 Å². The van der Waals surface area contributed by atoms with E-state index in [-0.39, 0.29) is 29.7 Å². The van der Waals surface area contributed by atoms with Gasteiger partial charge in [0.05, 0.1) is 25.8 Å². The van der Waals surface area contributed by atoms with Crippen LogP contribution in [0, 0.1) is 0 Å². The second-order valence-electron chi connectivity index (χ2n) is 12.5. The second kappa shape index (κ2) is 13.5. The van der Waals surface area contributed by atoms with E-state index >= 15 is 0 Å². The minimum atomic E-state index is -0.147. The van der Waals surface area contributed by atoms with Crippen molar-refractivity contribution in [2.24, 2.45) is 0 Å². The highest BCUT2D eigenvalue weighted by molar-refractivity contribution is 7.18. The molecule has 1 atom stereocenters. The van der Waals surface area contributed by atoms with Crippen molar-refractivity contribution in [3.8, 4) is 10.4 Å². The van der Waals surface area contributed by atoms with E-state index in [0.717, 1.165) is 60.8 Å². The first-order chi connectivity index (χ1) is 21.2. The maximum atomic E-state index is 13.1. The Bertz CT molecular complexity index is 1500. The number of nitrogens with zero attached hydrogens (tertiary/aromatic N) is 3. The number of nitrogens with one attached hydrogen (secondary N) is 3. The Morgan fingerprint density at radius 2 is 1.84 bits per heavy atom. The van der Waals surface area contributed by atoms with Crippen LogP contribution in [0.15, 0.2) is 36.5 Å². The molecule has 3 aromatic rings. The van der Waals surface area contributed by atoms with E-state index in [4.69, 9.17) is 4.98 Å². The molecule has 0 aliphatic carbocycles. The molecule has 2 aromatic heterocycles. The molecule has 0 unspecified atom stereocenters. The van der Waals surface area contributed by atoms with Crippen LogP contribution in [0.25, 0.3) is 10.4 Å². The third-order valence-corrected chi connectivity index (χ3v) is 11.3. The Labute approximate surface area is 267 Å². The van der Waals surface area contributed by atoms with Gasteiger partial charge in [0, 0.05) is 44.7 Å². The van der Waals surface area contributed by atoms with Crippen molar-refractivity contribution in [1.29, 1.82) is 0 Å². The number of hydrogen-bond donors (Lipinski definition) is 3. The Kier molecular flexibility index (Phi) is 9.46. The lowest BCUT2D eigenvalue weighted by Crippen LogP contribution is -2.48. The molecule has 3 aliphatic rings. The highest BCUT2D eigenvalue weighted by Gasteiger charge is 2.35. The van der Waals surface area contributed by atoms with E-state index in [0.29, 0.717) is 41.5 Å². The van der Waals surface area contributed by atoms with Crippen LogP contribution in [0.3, 0.4) is 0 Å². The molecule has 44 heavy (non-hydrogen) atoms. The molecule has 3 aliphatic heterocycles. The summed E-state index contributed by atoms with van der Waals surface area (Å²) in [5.41, 5.74) is 3.69. The third-order valence-electron chi connectivity index (χ3n) is 9.14. The third kappa shape index (κ3) is 6.91. The van der Waals surface area contributed by atoms with Crippen molar-refractivity contribution >= 4 is 45.4 Å². The molecule has 3 fully saturated rings. The van der Waals surface area contributed by atoms with Gasteiger partial charge in [-0.3, -0.25) is 14.4 Å². The van der Waals surface area contributed by atoms with Gasteiger partial charge in [0.15, 0.2) is 0 Å². The van der Waals surface area contributed by atoms with Gasteiger partial charge in [0.25, 0.3) is 5.91 Å². The molecule has 0 radical (unpaired) electrons. The summed E-state index contributed by atoms with van der Waals surface area (Å²) in [6.45, 7) is 11.0. The van der Waals surface area contributed by atoms with Gasteiger partial charge in [-0.1, -0.05) is 12.1 Å². The summed E-state index contributed by atoms with van der Waals surface area (Å²) in [7, 11) is 0. The van der Waals surface area contributed by atoms with Crippen LogP contribution in [0.2, 0.25) is 0 Å². The van der Waals surface area contributed by atoms with E-state index in [1.807, 2.05) is 17.2 Å². The average molecular weight is 635 g/mol. The van der Waals surface area contributed by atoms with Gasteiger partial charge in [0.2, 0.25) is 11.8 Å².